The number of anilines is 1. The number of aromatic nitrogens is 1. The van der Waals surface area contributed by atoms with Crippen LogP contribution in [-0.4, -0.2) is 66.6 Å². The lowest BCUT2D eigenvalue weighted by molar-refractivity contribution is 0.0787. The highest BCUT2D eigenvalue weighted by atomic mass is 35.5. The maximum atomic E-state index is 13.6. The quantitative estimate of drug-likeness (QED) is 0.221. The van der Waals surface area contributed by atoms with Crippen LogP contribution in [0.5, 0.6) is 0 Å². The normalized spacial score (nSPS) is 13.6. The Hall–Kier alpha value is -3.54. The molecule has 5 nitrogen and oxygen atoms in total. The molecule has 1 fully saturated rings. The summed E-state index contributed by atoms with van der Waals surface area (Å²) in [7, 11) is 1.94. The second-order valence-electron chi connectivity index (χ2n) is 11.1. The van der Waals surface area contributed by atoms with Gasteiger partial charge in [0, 0.05) is 63.4 Å². The third kappa shape index (κ3) is 7.03. The molecule has 1 aliphatic rings. The molecule has 3 aromatic carbocycles. The maximum Gasteiger partial charge on any atom is 0.255 e. The summed E-state index contributed by atoms with van der Waals surface area (Å²) in [5.41, 5.74) is 9.36. The Morgan fingerprint density at radius 3 is 2.17 bits per heavy atom. The monoisotopic (exact) mass is 570 g/mol. The topological polar surface area (TPSA) is 31.7 Å². The highest BCUT2D eigenvalue weighted by Crippen LogP contribution is 2.28. The summed E-state index contributed by atoms with van der Waals surface area (Å²) in [5.74, 6) is 0.0984. The van der Waals surface area contributed by atoms with Crippen molar-refractivity contribution in [3.05, 3.63) is 113 Å². The Morgan fingerprint density at radius 1 is 0.829 bits per heavy atom. The van der Waals surface area contributed by atoms with Crippen LogP contribution in [0.1, 0.15) is 39.2 Å². The van der Waals surface area contributed by atoms with Crippen molar-refractivity contribution in [2.45, 2.75) is 33.7 Å². The molecule has 216 valence electrons. The lowest BCUT2D eigenvalue weighted by Crippen LogP contribution is -2.47. The summed E-state index contributed by atoms with van der Waals surface area (Å²) in [6.45, 7) is 13.2. The van der Waals surface area contributed by atoms with E-state index in [2.05, 4.69) is 108 Å². The van der Waals surface area contributed by atoms with E-state index in [1.165, 1.54) is 22.4 Å². The first-order valence-electron chi connectivity index (χ1n) is 14.5. The van der Waals surface area contributed by atoms with Gasteiger partial charge in [0.05, 0.1) is 5.56 Å². The molecule has 1 aromatic heterocycles. The summed E-state index contributed by atoms with van der Waals surface area (Å²) >= 11 is 0. The number of carbonyl (C=O) groups is 1. The minimum Gasteiger partial charge on any atom is -0.369 e. The molecule has 0 radical (unpaired) electrons. The van der Waals surface area contributed by atoms with Crippen LogP contribution in [0.4, 0.5) is 5.69 Å². The Kier molecular flexibility index (Phi) is 10.3. The maximum absolute atomic E-state index is 13.6. The van der Waals surface area contributed by atoms with Crippen molar-refractivity contribution in [2.75, 3.05) is 51.2 Å². The van der Waals surface area contributed by atoms with Gasteiger partial charge in [-0.05, 0) is 68.1 Å². The molecule has 41 heavy (non-hydrogen) atoms. The molecular weight excluding hydrogens is 528 g/mol. The predicted molar refractivity (Wildman–Crippen MR) is 174 cm³/mol. The second-order valence-corrected chi connectivity index (χ2v) is 11.1. The van der Waals surface area contributed by atoms with Crippen molar-refractivity contribution in [3.8, 4) is 11.3 Å². The Morgan fingerprint density at radius 2 is 1.49 bits per heavy atom. The molecular formula is C35H43ClN4O. The molecule has 0 atom stereocenters. The smallest absolute Gasteiger partial charge is 0.255 e. The van der Waals surface area contributed by atoms with E-state index >= 15 is 0 Å². The van der Waals surface area contributed by atoms with Gasteiger partial charge in [0.25, 0.3) is 5.91 Å². The molecule has 5 rings (SSSR count). The molecule has 0 unspecified atom stereocenters. The van der Waals surface area contributed by atoms with E-state index in [1.807, 2.05) is 24.1 Å². The second kappa shape index (κ2) is 13.9. The molecule has 0 bridgehead atoms. The lowest BCUT2D eigenvalue weighted by Gasteiger charge is -2.37. The van der Waals surface area contributed by atoms with Crippen LogP contribution in [0.3, 0.4) is 0 Å². The van der Waals surface area contributed by atoms with Gasteiger partial charge in [-0.15, -0.1) is 12.4 Å². The number of benzene rings is 3. The third-order valence-corrected chi connectivity index (χ3v) is 8.45. The average Bonchev–Trinajstić information content (AvgIpc) is 3.31. The zero-order chi connectivity index (χ0) is 28.1. The summed E-state index contributed by atoms with van der Waals surface area (Å²) in [4.78, 5) is 20.6. The van der Waals surface area contributed by atoms with E-state index in [0.717, 1.165) is 74.7 Å². The number of nitrogens with zero attached hydrogens (tertiary/aromatic N) is 4. The predicted octanol–water partition coefficient (Wildman–Crippen LogP) is 6.83. The fraction of sp³-hybridized carbons (Fsp3) is 0.343. The van der Waals surface area contributed by atoms with E-state index in [1.54, 1.807) is 0 Å². The number of hydrogen-bond donors (Lipinski definition) is 0. The van der Waals surface area contributed by atoms with Gasteiger partial charge in [0.1, 0.15) is 0 Å². The standard InChI is InChI=1S/C35H42N4O.ClH/c1-27-13-11-18-33(28(27)2)38-23-21-37(22-24-38)20-12-19-36(4)35(40)32-25-34(31-16-9-6-10-17-31)39(29(32)3)26-30-14-7-5-8-15-30;/h5-11,13-18,25H,12,19-24,26H2,1-4H3;1H. The van der Waals surface area contributed by atoms with E-state index < -0.39 is 0 Å². The number of amides is 1. The molecule has 0 aliphatic carbocycles. The van der Waals surface area contributed by atoms with Gasteiger partial charge in [-0.1, -0.05) is 72.8 Å². The zero-order valence-electron chi connectivity index (χ0n) is 24.8. The van der Waals surface area contributed by atoms with Gasteiger partial charge < -0.3 is 14.4 Å². The molecule has 2 heterocycles. The summed E-state index contributed by atoms with van der Waals surface area (Å²) < 4.78 is 2.28. The fourth-order valence-corrected chi connectivity index (χ4v) is 5.81. The fourth-order valence-electron chi connectivity index (χ4n) is 5.81. The van der Waals surface area contributed by atoms with E-state index in [-0.39, 0.29) is 18.3 Å². The van der Waals surface area contributed by atoms with Crippen LogP contribution in [0.25, 0.3) is 11.3 Å². The van der Waals surface area contributed by atoms with Crippen LogP contribution < -0.4 is 4.90 Å². The Balaban J connectivity index is 0.00000387. The number of hydrogen-bond acceptors (Lipinski definition) is 3. The summed E-state index contributed by atoms with van der Waals surface area (Å²) in [5, 5.41) is 0. The van der Waals surface area contributed by atoms with Crippen LogP contribution in [0.2, 0.25) is 0 Å². The Labute approximate surface area is 251 Å². The van der Waals surface area contributed by atoms with Crippen molar-refractivity contribution in [1.82, 2.24) is 14.4 Å². The highest BCUT2D eigenvalue weighted by Gasteiger charge is 2.22. The van der Waals surface area contributed by atoms with Crippen LogP contribution in [0, 0.1) is 20.8 Å². The van der Waals surface area contributed by atoms with Gasteiger partial charge in [-0.25, -0.2) is 0 Å². The minimum atomic E-state index is 0. The molecule has 1 aliphatic heterocycles. The Bertz CT molecular complexity index is 1430. The molecule has 6 heteroatoms. The van der Waals surface area contributed by atoms with Crippen molar-refractivity contribution in [1.29, 1.82) is 0 Å². The first-order valence-corrected chi connectivity index (χ1v) is 14.5. The highest BCUT2D eigenvalue weighted by molar-refractivity contribution is 5.97. The number of piperazine rings is 1. The number of carbonyl (C=O) groups excluding carboxylic acids is 1. The van der Waals surface area contributed by atoms with Gasteiger partial charge >= 0.3 is 0 Å². The minimum absolute atomic E-state index is 0. The lowest BCUT2D eigenvalue weighted by atomic mass is 10.1. The number of rotatable bonds is 9. The van der Waals surface area contributed by atoms with Crippen molar-refractivity contribution < 1.29 is 4.79 Å². The average molecular weight is 571 g/mol. The van der Waals surface area contributed by atoms with Crippen LogP contribution in [-0.2, 0) is 6.54 Å². The molecule has 1 saturated heterocycles. The first kappa shape index (κ1) is 30.4. The van der Waals surface area contributed by atoms with Gasteiger partial charge in [0.2, 0.25) is 0 Å². The summed E-state index contributed by atoms with van der Waals surface area (Å²) in [6.07, 6.45) is 0.973. The molecule has 0 N–H and O–H groups in total. The first-order chi connectivity index (χ1) is 19.4. The molecule has 4 aromatic rings. The zero-order valence-corrected chi connectivity index (χ0v) is 25.7. The molecule has 0 spiro atoms. The number of aryl methyl sites for hydroxylation is 1. The van der Waals surface area contributed by atoms with Crippen LogP contribution in [0.15, 0.2) is 84.9 Å². The largest absolute Gasteiger partial charge is 0.369 e. The number of halogens is 1. The van der Waals surface area contributed by atoms with E-state index in [4.69, 9.17) is 0 Å². The van der Waals surface area contributed by atoms with E-state index in [0.29, 0.717) is 0 Å². The summed E-state index contributed by atoms with van der Waals surface area (Å²) in [6, 6.07) is 29.5. The van der Waals surface area contributed by atoms with Crippen molar-refractivity contribution >= 4 is 24.0 Å². The van der Waals surface area contributed by atoms with Gasteiger partial charge in [-0.2, -0.15) is 0 Å². The van der Waals surface area contributed by atoms with E-state index in [9.17, 15) is 4.79 Å². The van der Waals surface area contributed by atoms with Crippen molar-refractivity contribution in [2.24, 2.45) is 0 Å². The van der Waals surface area contributed by atoms with Gasteiger partial charge in [0.15, 0.2) is 0 Å². The third-order valence-electron chi connectivity index (χ3n) is 8.45. The molecule has 0 saturated carbocycles. The van der Waals surface area contributed by atoms with Crippen molar-refractivity contribution in [3.63, 3.8) is 0 Å². The molecule has 1 amide bonds. The van der Waals surface area contributed by atoms with Crippen LogP contribution >= 0.6 is 12.4 Å². The van der Waals surface area contributed by atoms with Gasteiger partial charge in [-0.3, -0.25) is 9.69 Å². The SMILES string of the molecule is Cc1cccc(N2CCN(CCCN(C)C(=O)c3cc(-c4ccccc4)n(Cc4ccccc4)c3C)CC2)c1C.Cl.